The van der Waals surface area contributed by atoms with Gasteiger partial charge in [0.05, 0.1) is 5.69 Å². The number of nitrogens with one attached hydrogen (secondary N) is 2. The van der Waals surface area contributed by atoms with E-state index in [0.717, 1.165) is 6.07 Å². The van der Waals surface area contributed by atoms with Gasteiger partial charge >= 0.3 is 6.03 Å². The molecule has 7 heteroatoms. The first-order chi connectivity index (χ1) is 10.0. The summed E-state index contributed by atoms with van der Waals surface area (Å²) < 4.78 is 26.3. The number of hydrogen-bond acceptors (Lipinski definition) is 2. The lowest BCUT2D eigenvalue weighted by molar-refractivity contribution is -0.125. The highest BCUT2D eigenvalue weighted by Crippen LogP contribution is 2.20. The Hall–Kier alpha value is -2.18. The molecule has 1 saturated heterocycles. The number of carbonyl (C=O) groups excluding carboxylic acids is 2. The summed E-state index contributed by atoms with van der Waals surface area (Å²) in [5.74, 6) is -1.64. The molecule has 0 bridgehead atoms. The van der Waals surface area contributed by atoms with E-state index < -0.39 is 17.7 Å². The van der Waals surface area contributed by atoms with E-state index in [4.69, 9.17) is 0 Å². The first-order valence-electron chi connectivity index (χ1n) is 6.74. The van der Waals surface area contributed by atoms with Gasteiger partial charge in [-0.05, 0) is 25.0 Å². The van der Waals surface area contributed by atoms with Crippen molar-refractivity contribution in [3.05, 3.63) is 29.8 Å². The van der Waals surface area contributed by atoms with E-state index in [9.17, 15) is 18.4 Å². The van der Waals surface area contributed by atoms with Gasteiger partial charge in [-0.1, -0.05) is 0 Å². The van der Waals surface area contributed by atoms with Crippen molar-refractivity contribution >= 4 is 17.6 Å². The summed E-state index contributed by atoms with van der Waals surface area (Å²) in [6.45, 7) is 0.847. The maximum Gasteiger partial charge on any atom is 0.321 e. The van der Waals surface area contributed by atoms with Gasteiger partial charge in [-0.3, -0.25) is 4.79 Å². The van der Waals surface area contributed by atoms with Gasteiger partial charge in [0.15, 0.2) is 0 Å². The van der Waals surface area contributed by atoms with Gasteiger partial charge in [-0.15, -0.1) is 0 Å². The van der Waals surface area contributed by atoms with Crippen molar-refractivity contribution in [2.45, 2.75) is 12.8 Å². The molecule has 5 nitrogen and oxygen atoms in total. The van der Waals surface area contributed by atoms with Crippen molar-refractivity contribution in [2.75, 3.05) is 25.5 Å². The fraction of sp³-hybridized carbons (Fsp3) is 0.429. The molecule has 0 unspecified atom stereocenters. The fourth-order valence-electron chi connectivity index (χ4n) is 2.33. The highest BCUT2D eigenvalue weighted by molar-refractivity contribution is 5.89. The minimum absolute atomic E-state index is 0.0281. The van der Waals surface area contributed by atoms with Crippen molar-refractivity contribution in [3.63, 3.8) is 0 Å². The SMILES string of the molecule is CNC(=O)C1CCN(C(=O)Nc2ccc(F)cc2F)CC1. The topological polar surface area (TPSA) is 61.4 Å². The lowest BCUT2D eigenvalue weighted by Gasteiger charge is -2.31. The molecule has 2 rings (SSSR count). The third kappa shape index (κ3) is 3.68. The zero-order valence-electron chi connectivity index (χ0n) is 11.7. The van der Waals surface area contributed by atoms with Crippen molar-refractivity contribution in [1.82, 2.24) is 10.2 Å². The smallest absolute Gasteiger partial charge is 0.321 e. The number of nitrogens with zero attached hydrogens (tertiary/aromatic N) is 1. The molecule has 2 N–H and O–H groups in total. The number of halogens is 2. The minimum atomic E-state index is -0.816. The van der Waals surface area contributed by atoms with E-state index in [1.165, 1.54) is 11.0 Å². The van der Waals surface area contributed by atoms with Crippen LogP contribution in [-0.4, -0.2) is 37.0 Å². The summed E-state index contributed by atoms with van der Waals surface area (Å²) in [5.41, 5.74) is -0.0603. The standard InChI is InChI=1S/C14H17F2N3O2/c1-17-13(20)9-4-6-19(7-5-9)14(21)18-12-3-2-10(15)8-11(12)16/h2-3,8-9H,4-7H2,1H3,(H,17,20)(H,18,21). The Bertz CT molecular complexity index is 543. The van der Waals surface area contributed by atoms with Crippen molar-refractivity contribution in [3.8, 4) is 0 Å². The molecule has 0 atom stereocenters. The molecule has 0 spiro atoms. The normalized spacial score (nSPS) is 15.7. The van der Waals surface area contributed by atoms with Gasteiger partial charge in [0, 0.05) is 32.1 Å². The molecule has 1 heterocycles. The molecular formula is C14H17F2N3O2. The van der Waals surface area contributed by atoms with Crippen molar-refractivity contribution in [1.29, 1.82) is 0 Å². The molecule has 21 heavy (non-hydrogen) atoms. The van der Waals surface area contributed by atoms with E-state index in [-0.39, 0.29) is 17.5 Å². The summed E-state index contributed by atoms with van der Waals surface area (Å²) in [6.07, 6.45) is 1.14. The second-order valence-electron chi connectivity index (χ2n) is 4.93. The maximum atomic E-state index is 13.5. The Morgan fingerprint density at radius 2 is 1.90 bits per heavy atom. The number of anilines is 1. The Kier molecular flexibility index (Phi) is 4.72. The number of benzene rings is 1. The molecule has 0 aromatic heterocycles. The molecule has 3 amide bonds. The molecule has 0 saturated carbocycles. The number of likely N-dealkylation sites (tertiary alicyclic amines) is 1. The first-order valence-corrected chi connectivity index (χ1v) is 6.74. The maximum absolute atomic E-state index is 13.5. The molecule has 114 valence electrons. The lowest BCUT2D eigenvalue weighted by Crippen LogP contribution is -2.44. The van der Waals surface area contributed by atoms with E-state index in [1.54, 1.807) is 7.05 Å². The average Bonchev–Trinajstić information content (AvgIpc) is 2.49. The Morgan fingerprint density at radius 3 is 2.48 bits per heavy atom. The second-order valence-corrected chi connectivity index (χ2v) is 4.93. The van der Waals surface area contributed by atoms with Crippen LogP contribution in [0.2, 0.25) is 0 Å². The Balaban J connectivity index is 1.92. The van der Waals surface area contributed by atoms with Crippen LogP contribution in [0.1, 0.15) is 12.8 Å². The van der Waals surface area contributed by atoms with Crippen LogP contribution in [-0.2, 0) is 4.79 Å². The number of urea groups is 1. The van der Waals surface area contributed by atoms with Crippen LogP contribution in [0.25, 0.3) is 0 Å². The third-order valence-corrected chi connectivity index (χ3v) is 3.57. The van der Waals surface area contributed by atoms with Gasteiger partial charge in [0.25, 0.3) is 0 Å². The number of carbonyl (C=O) groups is 2. The highest BCUT2D eigenvalue weighted by Gasteiger charge is 2.27. The number of hydrogen-bond donors (Lipinski definition) is 2. The number of piperidine rings is 1. The summed E-state index contributed by atoms with van der Waals surface area (Å²) in [7, 11) is 1.58. The van der Waals surface area contributed by atoms with E-state index in [1.807, 2.05) is 0 Å². The molecule has 0 aliphatic carbocycles. The van der Waals surface area contributed by atoms with E-state index >= 15 is 0 Å². The third-order valence-electron chi connectivity index (χ3n) is 3.57. The molecule has 1 aliphatic heterocycles. The molecule has 1 aromatic carbocycles. The van der Waals surface area contributed by atoms with Gasteiger partial charge in [0.2, 0.25) is 5.91 Å². The number of amides is 3. The Morgan fingerprint density at radius 1 is 1.24 bits per heavy atom. The molecule has 1 aromatic rings. The van der Waals surface area contributed by atoms with Gasteiger partial charge < -0.3 is 15.5 Å². The lowest BCUT2D eigenvalue weighted by atomic mass is 9.96. The van der Waals surface area contributed by atoms with Crippen LogP contribution in [0, 0.1) is 17.6 Å². The fourth-order valence-corrected chi connectivity index (χ4v) is 2.33. The quantitative estimate of drug-likeness (QED) is 0.876. The molecule has 1 aliphatic rings. The van der Waals surface area contributed by atoms with Crippen molar-refractivity contribution < 1.29 is 18.4 Å². The van der Waals surface area contributed by atoms with Crippen LogP contribution >= 0.6 is 0 Å². The molecule has 0 radical (unpaired) electrons. The highest BCUT2D eigenvalue weighted by atomic mass is 19.1. The first kappa shape index (κ1) is 15.2. The molecule has 1 fully saturated rings. The largest absolute Gasteiger partial charge is 0.359 e. The van der Waals surface area contributed by atoms with Gasteiger partial charge in [-0.2, -0.15) is 0 Å². The Labute approximate surface area is 121 Å². The van der Waals surface area contributed by atoms with Crippen LogP contribution < -0.4 is 10.6 Å². The van der Waals surface area contributed by atoms with E-state index in [2.05, 4.69) is 10.6 Å². The van der Waals surface area contributed by atoms with Crippen molar-refractivity contribution in [2.24, 2.45) is 5.92 Å². The van der Waals surface area contributed by atoms with E-state index in [0.29, 0.717) is 32.0 Å². The second kappa shape index (κ2) is 6.51. The van der Waals surface area contributed by atoms with Crippen LogP contribution in [0.3, 0.4) is 0 Å². The zero-order valence-corrected chi connectivity index (χ0v) is 11.7. The van der Waals surface area contributed by atoms with Gasteiger partial charge in [-0.25, -0.2) is 13.6 Å². The monoisotopic (exact) mass is 297 g/mol. The zero-order chi connectivity index (χ0) is 15.4. The predicted molar refractivity (Wildman–Crippen MR) is 73.7 cm³/mol. The predicted octanol–water partition coefficient (Wildman–Crippen LogP) is 1.95. The van der Waals surface area contributed by atoms with Crippen LogP contribution in [0.5, 0.6) is 0 Å². The van der Waals surface area contributed by atoms with Crippen LogP contribution in [0.4, 0.5) is 19.3 Å². The summed E-state index contributed by atoms with van der Waals surface area (Å²) in [4.78, 5) is 25.0. The van der Waals surface area contributed by atoms with Crippen LogP contribution in [0.15, 0.2) is 18.2 Å². The average molecular weight is 297 g/mol. The summed E-state index contributed by atoms with van der Waals surface area (Å²) >= 11 is 0. The summed E-state index contributed by atoms with van der Waals surface area (Å²) in [5, 5.41) is 5.00. The molecular weight excluding hydrogens is 280 g/mol. The minimum Gasteiger partial charge on any atom is -0.359 e. The number of rotatable bonds is 2. The summed E-state index contributed by atoms with van der Waals surface area (Å²) in [6, 6.07) is 2.53. The van der Waals surface area contributed by atoms with Gasteiger partial charge in [0.1, 0.15) is 11.6 Å².